The van der Waals surface area contributed by atoms with E-state index in [1.807, 2.05) is 0 Å². The minimum Gasteiger partial charge on any atom is -0.386 e. The lowest BCUT2D eigenvalue weighted by molar-refractivity contribution is -0.386. The van der Waals surface area contributed by atoms with Crippen molar-refractivity contribution < 1.29 is 22.8 Å². The molecule has 1 heterocycles. The SMILES string of the molecule is N#Cc1cc([N+](=O)[O-])c(Br)nc1OC(F)(F)F. The molecule has 0 N–H and O–H groups in total. The first kappa shape index (κ1) is 13.2. The molecule has 17 heavy (non-hydrogen) atoms. The fourth-order valence-corrected chi connectivity index (χ4v) is 1.28. The molecule has 0 aliphatic carbocycles. The second-order valence-corrected chi connectivity index (χ2v) is 3.32. The van der Waals surface area contributed by atoms with Crippen molar-refractivity contribution >= 4 is 21.6 Å². The number of hydrogen-bond acceptors (Lipinski definition) is 5. The van der Waals surface area contributed by atoms with Gasteiger partial charge in [-0.3, -0.25) is 10.1 Å². The van der Waals surface area contributed by atoms with Crippen LogP contribution in [0.15, 0.2) is 10.7 Å². The summed E-state index contributed by atoms with van der Waals surface area (Å²) in [7, 11) is 0. The summed E-state index contributed by atoms with van der Waals surface area (Å²) in [5.41, 5.74) is -1.31. The molecule has 1 aromatic heterocycles. The second-order valence-electron chi connectivity index (χ2n) is 2.57. The summed E-state index contributed by atoms with van der Waals surface area (Å²) in [4.78, 5) is 12.7. The van der Waals surface area contributed by atoms with E-state index in [9.17, 15) is 23.3 Å². The minimum atomic E-state index is -5.03. The maximum absolute atomic E-state index is 11.9. The van der Waals surface area contributed by atoms with Crippen molar-refractivity contribution in [1.29, 1.82) is 5.26 Å². The highest BCUT2D eigenvalue weighted by molar-refractivity contribution is 9.10. The van der Waals surface area contributed by atoms with Crippen molar-refractivity contribution in [2.45, 2.75) is 6.36 Å². The van der Waals surface area contributed by atoms with Gasteiger partial charge in [-0.15, -0.1) is 13.2 Å². The molecule has 0 aliphatic rings. The van der Waals surface area contributed by atoms with Crippen molar-refractivity contribution in [3.8, 4) is 11.9 Å². The van der Waals surface area contributed by atoms with E-state index in [1.54, 1.807) is 0 Å². The van der Waals surface area contributed by atoms with E-state index in [0.29, 0.717) is 6.07 Å². The Balaban J connectivity index is 3.30. The molecule has 0 fully saturated rings. The third-order valence-corrected chi connectivity index (χ3v) is 2.04. The summed E-state index contributed by atoms with van der Waals surface area (Å²) in [6, 6.07) is 1.96. The predicted octanol–water partition coefficient (Wildman–Crippen LogP) is 2.52. The molecule has 6 nitrogen and oxygen atoms in total. The Morgan fingerprint density at radius 3 is 2.59 bits per heavy atom. The Kier molecular flexibility index (Phi) is 3.52. The molecule has 0 aliphatic heterocycles. The van der Waals surface area contributed by atoms with E-state index < -0.39 is 33.0 Å². The normalized spacial score (nSPS) is 10.8. The van der Waals surface area contributed by atoms with Gasteiger partial charge in [-0.05, 0) is 15.9 Å². The van der Waals surface area contributed by atoms with Gasteiger partial charge in [0, 0.05) is 6.07 Å². The van der Waals surface area contributed by atoms with Gasteiger partial charge in [-0.1, -0.05) is 0 Å². The van der Waals surface area contributed by atoms with Crippen LogP contribution in [0, 0.1) is 21.4 Å². The molecule has 0 saturated heterocycles. The number of aromatic nitrogens is 1. The fourth-order valence-electron chi connectivity index (χ4n) is 0.860. The first-order valence-electron chi connectivity index (χ1n) is 3.75. The number of halogens is 4. The van der Waals surface area contributed by atoms with Gasteiger partial charge in [0.1, 0.15) is 11.6 Å². The number of nitro groups is 1. The number of nitriles is 1. The van der Waals surface area contributed by atoms with E-state index in [4.69, 9.17) is 5.26 Å². The zero-order valence-electron chi connectivity index (χ0n) is 7.66. The summed E-state index contributed by atoms with van der Waals surface area (Å²) < 4.78 is 38.8. The monoisotopic (exact) mass is 311 g/mol. The Morgan fingerprint density at radius 2 is 2.18 bits per heavy atom. The van der Waals surface area contributed by atoms with Gasteiger partial charge in [0.05, 0.1) is 4.92 Å². The zero-order chi connectivity index (χ0) is 13.2. The van der Waals surface area contributed by atoms with Crippen LogP contribution in [0.4, 0.5) is 18.9 Å². The molecule has 10 heteroatoms. The van der Waals surface area contributed by atoms with Crippen LogP contribution in [-0.2, 0) is 0 Å². The topological polar surface area (TPSA) is 89.0 Å². The van der Waals surface area contributed by atoms with Gasteiger partial charge in [0.25, 0.3) is 0 Å². The molecule has 1 rings (SSSR count). The van der Waals surface area contributed by atoms with Crippen LogP contribution in [0.3, 0.4) is 0 Å². The van der Waals surface area contributed by atoms with Gasteiger partial charge < -0.3 is 4.74 Å². The van der Waals surface area contributed by atoms with E-state index in [0.717, 1.165) is 0 Å². The highest BCUT2D eigenvalue weighted by atomic mass is 79.9. The highest BCUT2D eigenvalue weighted by Crippen LogP contribution is 2.31. The molecule has 1 aromatic rings. The third-order valence-electron chi connectivity index (χ3n) is 1.45. The van der Waals surface area contributed by atoms with Crippen LogP contribution in [0.25, 0.3) is 0 Å². The van der Waals surface area contributed by atoms with Crippen LogP contribution >= 0.6 is 15.9 Å². The number of alkyl halides is 3. The van der Waals surface area contributed by atoms with Crippen LogP contribution in [-0.4, -0.2) is 16.3 Å². The van der Waals surface area contributed by atoms with Crippen molar-refractivity contribution in [3.63, 3.8) is 0 Å². The smallest absolute Gasteiger partial charge is 0.386 e. The average Bonchev–Trinajstić information content (AvgIpc) is 2.14. The number of hydrogen-bond donors (Lipinski definition) is 0. The van der Waals surface area contributed by atoms with E-state index in [1.165, 1.54) is 6.07 Å². The highest BCUT2D eigenvalue weighted by Gasteiger charge is 2.34. The maximum Gasteiger partial charge on any atom is 0.574 e. The molecule has 0 aromatic carbocycles. The summed E-state index contributed by atoms with van der Waals surface area (Å²) >= 11 is 2.61. The lowest BCUT2D eigenvalue weighted by Gasteiger charge is -2.09. The number of nitrogens with zero attached hydrogens (tertiary/aromatic N) is 3. The molecule has 0 spiro atoms. The molecular formula is C7HBrF3N3O3. The molecular weight excluding hydrogens is 311 g/mol. The Morgan fingerprint density at radius 1 is 1.59 bits per heavy atom. The Bertz CT molecular complexity index is 512. The summed E-state index contributed by atoms with van der Waals surface area (Å²) in [6.07, 6.45) is -5.03. The van der Waals surface area contributed by atoms with Crippen LogP contribution < -0.4 is 4.74 Å². The molecule has 0 saturated carbocycles. The zero-order valence-corrected chi connectivity index (χ0v) is 9.24. The maximum atomic E-state index is 11.9. The lowest BCUT2D eigenvalue weighted by atomic mass is 10.3. The Labute approximate surface area is 99.9 Å². The van der Waals surface area contributed by atoms with Gasteiger partial charge in [-0.2, -0.15) is 10.2 Å². The molecule has 0 atom stereocenters. The van der Waals surface area contributed by atoms with Crippen molar-refractivity contribution in [1.82, 2.24) is 4.98 Å². The summed E-state index contributed by atoms with van der Waals surface area (Å²) in [6.45, 7) is 0. The number of pyridine rings is 1. The van der Waals surface area contributed by atoms with Crippen LogP contribution in [0.2, 0.25) is 0 Å². The summed E-state index contributed by atoms with van der Waals surface area (Å²) in [5, 5.41) is 19.0. The molecule has 90 valence electrons. The van der Waals surface area contributed by atoms with E-state index in [-0.39, 0.29) is 0 Å². The van der Waals surface area contributed by atoms with Gasteiger partial charge in [0.2, 0.25) is 5.88 Å². The molecule has 0 bridgehead atoms. The average molecular weight is 312 g/mol. The third kappa shape index (κ3) is 3.28. The fraction of sp³-hybridized carbons (Fsp3) is 0.143. The second kappa shape index (κ2) is 4.54. The minimum absolute atomic E-state index is 0.458. The van der Waals surface area contributed by atoms with E-state index in [2.05, 4.69) is 25.7 Å². The van der Waals surface area contributed by atoms with Crippen molar-refractivity contribution in [3.05, 3.63) is 26.3 Å². The quantitative estimate of drug-likeness (QED) is 0.475. The number of rotatable bonds is 2. The van der Waals surface area contributed by atoms with Gasteiger partial charge >= 0.3 is 12.0 Å². The molecule has 0 radical (unpaired) electrons. The van der Waals surface area contributed by atoms with E-state index >= 15 is 0 Å². The first-order valence-corrected chi connectivity index (χ1v) is 4.54. The van der Waals surface area contributed by atoms with Crippen molar-refractivity contribution in [2.24, 2.45) is 0 Å². The first-order chi connectivity index (χ1) is 7.74. The Hall–Kier alpha value is -1.89. The largest absolute Gasteiger partial charge is 0.574 e. The van der Waals surface area contributed by atoms with Gasteiger partial charge in [-0.25, -0.2) is 0 Å². The van der Waals surface area contributed by atoms with Gasteiger partial charge in [0.15, 0.2) is 4.60 Å². The van der Waals surface area contributed by atoms with Crippen LogP contribution in [0.5, 0.6) is 5.88 Å². The molecule has 0 amide bonds. The lowest BCUT2D eigenvalue weighted by Crippen LogP contribution is -2.19. The molecule has 0 unspecified atom stereocenters. The number of ether oxygens (including phenoxy) is 1. The van der Waals surface area contributed by atoms with Crippen LogP contribution in [0.1, 0.15) is 5.56 Å². The van der Waals surface area contributed by atoms with Crippen molar-refractivity contribution in [2.75, 3.05) is 0 Å². The predicted molar refractivity (Wildman–Crippen MR) is 50.0 cm³/mol. The summed E-state index contributed by atoms with van der Waals surface area (Å²) in [5.74, 6) is -1.04. The standard InChI is InChI=1S/C7HBrF3N3O3/c8-5-4(14(15)16)1-3(2-12)6(13-5)17-7(9,10)11/h1H.